The van der Waals surface area contributed by atoms with Gasteiger partial charge in [0.1, 0.15) is 0 Å². The highest BCUT2D eigenvalue weighted by Gasteiger charge is 2.21. The Balaban J connectivity index is 2.78. The molecule has 1 unspecified atom stereocenters. The number of primary amides is 1. The quantitative estimate of drug-likeness (QED) is 0.798. The van der Waals surface area contributed by atoms with Gasteiger partial charge in [0.05, 0.1) is 12.5 Å². The second-order valence-electron chi connectivity index (χ2n) is 4.38. The zero-order valence-electron chi connectivity index (χ0n) is 11.1. The Labute approximate surface area is 115 Å². The Bertz CT molecular complexity index is 508. The molecule has 0 saturated heterocycles. The van der Waals surface area contributed by atoms with E-state index in [-0.39, 0.29) is 13.0 Å². The smallest absolute Gasteiger partial charge is 0.240 e. The fourth-order valence-corrected chi connectivity index (χ4v) is 1.74. The molecule has 0 aromatic heterocycles. The first-order valence-electron chi connectivity index (χ1n) is 6.11. The van der Waals surface area contributed by atoms with E-state index in [0.29, 0.717) is 12.1 Å². The van der Waals surface area contributed by atoms with E-state index < -0.39 is 29.5 Å². The van der Waals surface area contributed by atoms with Crippen LogP contribution < -0.4 is 11.5 Å². The molecule has 110 valence electrons. The second kappa shape index (κ2) is 6.95. The third kappa shape index (κ3) is 4.27. The molecule has 2 amide bonds. The first-order chi connectivity index (χ1) is 9.35. The van der Waals surface area contributed by atoms with Gasteiger partial charge in [0.25, 0.3) is 0 Å². The number of amides is 2. The molecule has 20 heavy (non-hydrogen) atoms. The van der Waals surface area contributed by atoms with Crippen LogP contribution in [0.1, 0.15) is 18.9 Å². The molecule has 5 nitrogen and oxygen atoms in total. The van der Waals surface area contributed by atoms with E-state index in [0.717, 1.165) is 12.1 Å². The summed E-state index contributed by atoms with van der Waals surface area (Å²) in [5.74, 6) is -3.06. The molecule has 4 N–H and O–H groups in total. The van der Waals surface area contributed by atoms with E-state index in [1.807, 2.05) is 0 Å². The number of nitrogens with zero attached hydrogens (tertiary/aromatic N) is 1. The Morgan fingerprint density at radius 1 is 1.30 bits per heavy atom. The molecule has 0 fully saturated rings. The van der Waals surface area contributed by atoms with Crippen LogP contribution >= 0.6 is 0 Å². The normalized spacial score (nSPS) is 12.0. The first-order valence-corrected chi connectivity index (χ1v) is 6.11. The average molecular weight is 285 g/mol. The molecule has 0 aliphatic carbocycles. The SMILES string of the molecule is CCN(Cc1ccc(F)c(F)c1)C(=O)C(N)CC(N)=O. The lowest BCUT2D eigenvalue weighted by molar-refractivity contribution is -0.135. The summed E-state index contributed by atoms with van der Waals surface area (Å²) in [7, 11) is 0. The third-order valence-corrected chi connectivity index (χ3v) is 2.79. The lowest BCUT2D eigenvalue weighted by Crippen LogP contribution is -2.45. The molecule has 0 bridgehead atoms. The van der Waals surface area contributed by atoms with Crippen LogP contribution in [0.2, 0.25) is 0 Å². The molecule has 0 aliphatic heterocycles. The van der Waals surface area contributed by atoms with Crippen LogP contribution in [0, 0.1) is 11.6 Å². The van der Waals surface area contributed by atoms with Gasteiger partial charge in [0.15, 0.2) is 11.6 Å². The zero-order chi connectivity index (χ0) is 15.3. The van der Waals surface area contributed by atoms with Gasteiger partial charge in [-0.2, -0.15) is 0 Å². The lowest BCUT2D eigenvalue weighted by Gasteiger charge is -2.24. The molecule has 0 saturated carbocycles. The average Bonchev–Trinajstić information content (AvgIpc) is 2.38. The van der Waals surface area contributed by atoms with Crippen molar-refractivity contribution >= 4 is 11.8 Å². The van der Waals surface area contributed by atoms with Crippen molar-refractivity contribution in [2.45, 2.75) is 25.9 Å². The predicted octanol–water partition coefficient (Wildman–Crippen LogP) is 0.516. The van der Waals surface area contributed by atoms with Crippen LogP contribution in [0.15, 0.2) is 18.2 Å². The van der Waals surface area contributed by atoms with Gasteiger partial charge < -0.3 is 16.4 Å². The highest BCUT2D eigenvalue weighted by molar-refractivity contribution is 5.87. The maximum absolute atomic E-state index is 13.1. The molecular formula is C13H17F2N3O2. The number of benzene rings is 1. The molecule has 1 rings (SSSR count). The third-order valence-electron chi connectivity index (χ3n) is 2.79. The maximum Gasteiger partial charge on any atom is 0.240 e. The first kappa shape index (κ1) is 16.0. The molecule has 7 heteroatoms. The minimum atomic E-state index is -1.03. The largest absolute Gasteiger partial charge is 0.370 e. The van der Waals surface area contributed by atoms with E-state index in [2.05, 4.69) is 0 Å². The topological polar surface area (TPSA) is 89.4 Å². The van der Waals surface area contributed by atoms with Gasteiger partial charge in [-0.3, -0.25) is 9.59 Å². The number of rotatable bonds is 6. The number of likely N-dealkylation sites (N-methyl/N-ethyl adjacent to an activating group) is 1. The fraction of sp³-hybridized carbons (Fsp3) is 0.385. The van der Waals surface area contributed by atoms with Crippen molar-refractivity contribution in [3.05, 3.63) is 35.4 Å². The second-order valence-corrected chi connectivity index (χ2v) is 4.38. The van der Waals surface area contributed by atoms with Crippen molar-refractivity contribution in [1.29, 1.82) is 0 Å². The molecule has 0 spiro atoms. The Kier molecular flexibility index (Phi) is 5.57. The Hall–Kier alpha value is -2.02. The van der Waals surface area contributed by atoms with E-state index in [4.69, 9.17) is 11.5 Å². The van der Waals surface area contributed by atoms with E-state index >= 15 is 0 Å². The maximum atomic E-state index is 13.1. The van der Waals surface area contributed by atoms with Gasteiger partial charge in [0.2, 0.25) is 11.8 Å². The van der Waals surface area contributed by atoms with Crippen LogP contribution in [0.3, 0.4) is 0 Å². The van der Waals surface area contributed by atoms with Gasteiger partial charge >= 0.3 is 0 Å². The summed E-state index contributed by atoms with van der Waals surface area (Å²) in [6, 6.07) is 2.36. The lowest BCUT2D eigenvalue weighted by atomic mass is 10.1. The van der Waals surface area contributed by atoms with Gasteiger partial charge in [-0.25, -0.2) is 8.78 Å². The van der Waals surface area contributed by atoms with Crippen LogP contribution in [0.5, 0.6) is 0 Å². The molecule has 1 aromatic rings. The van der Waals surface area contributed by atoms with Crippen molar-refractivity contribution < 1.29 is 18.4 Å². The minimum Gasteiger partial charge on any atom is -0.370 e. The zero-order valence-corrected chi connectivity index (χ0v) is 11.1. The van der Waals surface area contributed by atoms with Gasteiger partial charge in [-0.15, -0.1) is 0 Å². The molecule has 0 radical (unpaired) electrons. The standard InChI is InChI=1S/C13H17F2N3O2/c1-2-18(13(20)11(16)6-12(17)19)7-8-3-4-9(14)10(15)5-8/h3-5,11H,2,6-7,16H2,1H3,(H2,17,19). The van der Waals surface area contributed by atoms with E-state index in [1.54, 1.807) is 6.92 Å². The number of nitrogens with two attached hydrogens (primary N) is 2. The van der Waals surface area contributed by atoms with Crippen molar-refractivity contribution in [3.8, 4) is 0 Å². The summed E-state index contributed by atoms with van der Waals surface area (Å²) >= 11 is 0. The highest BCUT2D eigenvalue weighted by Crippen LogP contribution is 2.12. The number of hydrogen-bond donors (Lipinski definition) is 2. The summed E-state index contributed by atoms with van der Waals surface area (Å²) in [6.07, 6.45) is -0.257. The van der Waals surface area contributed by atoms with Crippen molar-refractivity contribution in [1.82, 2.24) is 4.90 Å². The predicted molar refractivity (Wildman–Crippen MR) is 69.2 cm³/mol. The van der Waals surface area contributed by atoms with Crippen molar-refractivity contribution in [2.24, 2.45) is 11.5 Å². The number of carbonyl (C=O) groups excluding carboxylic acids is 2. The van der Waals surface area contributed by atoms with Gasteiger partial charge in [-0.05, 0) is 24.6 Å². The van der Waals surface area contributed by atoms with E-state index in [1.165, 1.54) is 11.0 Å². The monoisotopic (exact) mass is 285 g/mol. The molecular weight excluding hydrogens is 268 g/mol. The summed E-state index contributed by atoms with van der Waals surface area (Å²) in [5, 5.41) is 0. The number of halogens is 2. The fourth-order valence-electron chi connectivity index (χ4n) is 1.74. The van der Waals surface area contributed by atoms with E-state index in [9.17, 15) is 18.4 Å². The van der Waals surface area contributed by atoms with Crippen LogP contribution in [-0.2, 0) is 16.1 Å². The number of hydrogen-bond acceptors (Lipinski definition) is 3. The number of carbonyl (C=O) groups is 2. The summed E-state index contributed by atoms with van der Waals surface area (Å²) in [6.45, 7) is 2.12. The van der Waals surface area contributed by atoms with Crippen LogP contribution in [0.25, 0.3) is 0 Å². The van der Waals surface area contributed by atoms with Crippen LogP contribution in [0.4, 0.5) is 8.78 Å². The molecule has 0 aliphatic rings. The molecule has 0 heterocycles. The van der Waals surface area contributed by atoms with Crippen molar-refractivity contribution in [3.63, 3.8) is 0 Å². The summed E-state index contributed by atoms with van der Waals surface area (Å²) in [4.78, 5) is 24.1. The summed E-state index contributed by atoms with van der Waals surface area (Å²) in [5.41, 5.74) is 11.0. The highest BCUT2D eigenvalue weighted by atomic mass is 19.2. The minimum absolute atomic E-state index is 0.0823. The van der Waals surface area contributed by atoms with Gasteiger partial charge in [0, 0.05) is 13.1 Å². The van der Waals surface area contributed by atoms with Crippen molar-refractivity contribution in [2.75, 3.05) is 6.54 Å². The Morgan fingerprint density at radius 2 is 1.95 bits per heavy atom. The molecule has 1 atom stereocenters. The van der Waals surface area contributed by atoms with Gasteiger partial charge in [-0.1, -0.05) is 6.07 Å². The Morgan fingerprint density at radius 3 is 2.45 bits per heavy atom. The van der Waals surface area contributed by atoms with Crippen LogP contribution in [-0.4, -0.2) is 29.3 Å². The summed E-state index contributed by atoms with van der Waals surface area (Å²) < 4.78 is 25.9. The molecule has 1 aromatic carbocycles.